The van der Waals surface area contributed by atoms with Crippen LogP contribution in [-0.2, 0) is 6.18 Å². The van der Waals surface area contributed by atoms with Crippen LogP contribution in [0.4, 0.5) is 18.9 Å². The second-order valence-electron chi connectivity index (χ2n) is 4.58. The first-order chi connectivity index (χ1) is 8.38. The fourth-order valence-electron chi connectivity index (χ4n) is 2.13. The van der Waals surface area contributed by atoms with Crippen molar-refractivity contribution in [3.8, 4) is 0 Å². The molecule has 0 amide bonds. The Balaban J connectivity index is 2.69. The van der Waals surface area contributed by atoms with E-state index in [1.807, 2.05) is 0 Å². The normalized spacial score (nSPS) is 13.7. The zero-order valence-corrected chi connectivity index (χ0v) is 11.0. The number of halogens is 3. The number of anilines is 1. The molecule has 0 radical (unpaired) electrons. The molecule has 18 heavy (non-hydrogen) atoms. The van der Waals surface area contributed by atoms with Crippen molar-refractivity contribution in [2.45, 2.75) is 45.8 Å². The van der Waals surface area contributed by atoms with Gasteiger partial charge in [0.1, 0.15) is 0 Å². The van der Waals surface area contributed by atoms with Crippen LogP contribution in [0.3, 0.4) is 0 Å². The zero-order chi connectivity index (χ0) is 13.8. The fraction of sp³-hybridized carbons (Fsp3) is 0.571. The van der Waals surface area contributed by atoms with Crippen molar-refractivity contribution in [1.82, 2.24) is 0 Å². The van der Waals surface area contributed by atoms with E-state index in [4.69, 9.17) is 0 Å². The van der Waals surface area contributed by atoms with Crippen LogP contribution in [0.2, 0.25) is 0 Å². The molecule has 0 bridgehead atoms. The van der Waals surface area contributed by atoms with E-state index in [-0.39, 0.29) is 6.04 Å². The minimum atomic E-state index is -4.26. The van der Waals surface area contributed by atoms with Crippen LogP contribution in [-0.4, -0.2) is 6.04 Å². The van der Waals surface area contributed by atoms with Gasteiger partial charge in [-0.2, -0.15) is 13.2 Å². The van der Waals surface area contributed by atoms with Crippen molar-refractivity contribution in [2.75, 3.05) is 5.32 Å². The molecule has 0 aliphatic heterocycles. The number of nitrogens with one attached hydrogen (secondary N) is 1. The molecule has 1 unspecified atom stereocenters. The van der Waals surface area contributed by atoms with Crippen LogP contribution < -0.4 is 5.32 Å². The minimum Gasteiger partial charge on any atom is -0.382 e. The molecule has 1 atom stereocenters. The molecule has 1 aromatic carbocycles. The summed E-state index contributed by atoms with van der Waals surface area (Å²) in [6.45, 7) is 6.31. The van der Waals surface area contributed by atoms with Gasteiger partial charge in [0.15, 0.2) is 0 Å². The largest absolute Gasteiger partial charge is 0.416 e. The Labute approximate surface area is 106 Å². The predicted octanol–water partition coefficient (Wildman–Crippen LogP) is 4.94. The topological polar surface area (TPSA) is 12.0 Å². The standard InChI is InChI=1S/C14H20F3N/c1-4-11(5-2)10(3)18-13-8-6-12(7-9-13)14(15,16)17/h6-11,18H,4-5H2,1-3H3. The number of hydrogen-bond donors (Lipinski definition) is 1. The Morgan fingerprint density at radius 3 is 1.94 bits per heavy atom. The van der Waals surface area contributed by atoms with Crippen LogP contribution >= 0.6 is 0 Å². The Hall–Kier alpha value is -1.19. The van der Waals surface area contributed by atoms with E-state index in [1.54, 1.807) is 0 Å². The number of hydrogen-bond acceptors (Lipinski definition) is 1. The molecule has 0 heterocycles. The van der Waals surface area contributed by atoms with Crippen molar-refractivity contribution in [3.05, 3.63) is 29.8 Å². The molecule has 0 saturated heterocycles. The maximum atomic E-state index is 12.4. The van der Waals surface area contributed by atoms with Gasteiger partial charge in [-0.1, -0.05) is 26.7 Å². The minimum absolute atomic E-state index is 0.261. The predicted molar refractivity (Wildman–Crippen MR) is 68.6 cm³/mol. The van der Waals surface area contributed by atoms with E-state index in [2.05, 4.69) is 26.1 Å². The van der Waals surface area contributed by atoms with Gasteiger partial charge in [0, 0.05) is 11.7 Å². The van der Waals surface area contributed by atoms with Gasteiger partial charge in [-0.15, -0.1) is 0 Å². The number of rotatable bonds is 5. The molecule has 1 nitrogen and oxygen atoms in total. The van der Waals surface area contributed by atoms with Crippen molar-refractivity contribution >= 4 is 5.69 Å². The summed E-state index contributed by atoms with van der Waals surface area (Å²) in [5.41, 5.74) is 0.130. The van der Waals surface area contributed by atoms with Gasteiger partial charge < -0.3 is 5.32 Å². The van der Waals surface area contributed by atoms with Crippen LogP contribution in [0.1, 0.15) is 39.2 Å². The summed E-state index contributed by atoms with van der Waals surface area (Å²) in [4.78, 5) is 0. The Kier molecular flexibility index (Phi) is 5.05. The third kappa shape index (κ3) is 3.93. The smallest absolute Gasteiger partial charge is 0.382 e. The first-order valence-corrected chi connectivity index (χ1v) is 6.32. The summed E-state index contributed by atoms with van der Waals surface area (Å²) in [6, 6.07) is 5.46. The average molecular weight is 259 g/mol. The molecule has 102 valence electrons. The highest BCUT2D eigenvalue weighted by molar-refractivity contribution is 5.45. The van der Waals surface area contributed by atoms with E-state index in [9.17, 15) is 13.2 Å². The van der Waals surface area contributed by atoms with Crippen molar-refractivity contribution in [2.24, 2.45) is 5.92 Å². The number of alkyl halides is 3. The summed E-state index contributed by atoms with van der Waals surface area (Å²) in [5, 5.41) is 3.26. The fourth-order valence-corrected chi connectivity index (χ4v) is 2.13. The van der Waals surface area contributed by atoms with E-state index in [1.165, 1.54) is 12.1 Å². The van der Waals surface area contributed by atoms with Gasteiger partial charge in [-0.25, -0.2) is 0 Å². The molecule has 0 aliphatic rings. The lowest BCUT2D eigenvalue weighted by Crippen LogP contribution is -2.24. The second kappa shape index (κ2) is 6.12. The third-order valence-corrected chi connectivity index (χ3v) is 3.36. The van der Waals surface area contributed by atoms with Gasteiger partial charge in [0.2, 0.25) is 0 Å². The molecule has 1 aromatic rings. The molecule has 1 rings (SSSR count). The monoisotopic (exact) mass is 259 g/mol. The van der Waals surface area contributed by atoms with Crippen LogP contribution in [0.5, 0.6) is 0 Å². The lowest BCUT2D eigenvalue weighted by atomic mass is 9.95. The Morgan fingerprint density at radius 2 is 1.56 bits per heavy atom. The molecule has 4 heteroatoms. The molecule has 0 aliphatic carbocycles. The maximum absolute atomic E-state index is 12.4. The summed E-state index contributed by atoms with van der Waals surface area (Å²) >= 11 is 0. The van der Waals surface area contributed by atoms with Crippen molar-refractivity contribution < 1.29 is 13.2 Å². The zero-order valence-electron chi connectivity index (χ0n) is 11.0. The highest BCUT2D eigenvalue weighted by Gasteiger charge is 2.30. The number of benzene rings is 1. The van der Waals surface area contributed by atoms with Crippen LogP contribution in [0.15, 0.2) is 24.3 Å². The SMILES string of the molecule is CCC(CC)C(C)Nc1ccc(C(F)(F)F)cc1. The van der Waals surface area contributed by atoms with E-state index in [0.717, 1.165) is 30.7 Å². The third-order valence-electron chi connectivity index (χ3n) is 3.36. The highest BCUT2D eigenvalue weighted by Crippen LogP contribution is 2.30. The van der Waals surface area contributed by atoms with Gasteiger partial charge in [0.25, 0.3) is 0 Å². The molecule has 0 saturated carbocycles. The summed E-state index contributed by atoms with van der Waals surface area (Å²) in [7, 11) is 0. The quantitative estimate of drug-likeness (QED) is 0.789. The van der Waals surface area contributed by atoms with Crippen molar-refractivity contribution in [1.29, 1.82) is 0 Å². The summed E-state index contributed by atoms with van der Waals surface area (Å²) in [6.07, 6.45) is -2.14. The maximum Gasteiger partial charge on any atom is 0.416 e. The van der Waals surface area contributed by atoms with Crippen LogP contribution in [0, 0.1) is 5.92 Å². The molecule has 0 spiro atoms. The lowest BCUT2D eigenvalue weighted by molar-refractivity contribution is -0.137. The molecule has 1 N–H and O–H groups in total. The van der Waals surface area contributed by atoms with E-state index in [0.29, 0.717) is 5.92 Å². The van der Waals surface area contributed by atoms with Gasteiger partial charge in [-0.3, -0.25) is 0 Å². The Bertz CT molecular complexity index is 352. The first kappa shape index (κ1) is 14.9. The molecule has 0 fully saturated rings. The first-order valence-electron chi connectivity index (χ1n) is 6.32. The van der Waals surface area contributed by atoms with Crippen LogP contribution in [0.25, 0.3) is 0 Å². The van der Waals surface area contributed by atoms with E-state index < -0.39 is 11.7 Å². The average Bonchev–Trinajstić information content (AvgIpc) is 2.30. The molecular weight excluding hydrogens is 239 g/mol. The summed E-state index contributed by atoms with van der Waals surface area (Å²) in [5.74, 6) is 0.535. The van der Waals surface area contributed by atoms with E-state index >= 15 is 0 Å². The second-order valence-corrected chi connectivity index (χ2v) is 4.58. The molecular formula is C14H20F3N. The van der Waals surface area contributed by atoms with Gasteiger partial charge in [0.05, 0.1) is 5.56 Å². The molecule has 0 aromatic heterocycles. The lowest BCUT2D eigenvalue weighted by Gasteiger charge is -2.23. The summed E-state index contributed by atoms with van der Waals surface area (Å²) < 4.78 is 37.2. The van der Waals surface area contributed by atoms with Crippen molar-refractivity contribution in [3.63, 3.8) is 0 Å². The van der Waals surface area contributed by atoms with Gasteiger partial charge >= 0.3 is 6.18 Å². The Morgan fingerprint density at radius 1 is 1.06 bits per heavy atom. The highest BCUT2D eigenvalue weighted by atomic mass is 19.4. The van der Waals surface area contributed by atoms with Gasteiger partial charge in [-0.05, 0) is 37.1 Å².